The Kier molecular flexibility index (Phi) is 4.04. The number of hydrogen-bond acceptors (Lipinski definition) is 2. The van der Waals surface area contributed by atoms with Crippen molar-refractivity contribution in [3.05, 3.63) is 59.4 Å². The third-order valence-electron chi connectivity index (χ3n) is 2.73. The lowest BCUT2D eigenvalue weighted by atomic mass is 10.1. The zero-order chi connectivity index (χ0) is 13.1. The number of halogens is 1. The van der Waals surface area contributed by atoms with Crippen molar-refractivity contribution in [2.75, 3.05) is 0 Å². The summed E-state index contributed by atoms with van der Waals surface area (Å²) < 4.78 is 13.9. The predicted octanol–water partition coefficient (Wildman–Crippen LogP) is 4.31. The molecule has 0 radical (unpaired) electrons. The maximum atomic E-state index is 13.9. The minimum atomic E-state index is -0.213. The summed E-state index contributed by atoms with van der Waals surface area (Å²) in [6, 6.07) is 12.9. The molecule has 0 aliphatic heterocycles. The van der Waals surface area contributed by atoms with Gasteiger partial charge in [-0.15, -0.1) is 0 Å². The molecule has 2 aromatic rings. The zero-order valence-electron chi connectivity index (χ0n) is 10.5. The van der Waals surface area contributed by atoms with E-state index >= 15 is 0 Å². The van der Waals surface area contributed by atoms with Crippen molar-refractivity contribution < 1.29 is 4.39 Å². The Labute approximate surface area is 111 Å². The van der Waals surface area contributed by atoms with E-state index < -0.39 is 0 Å². The van der Waals surface area contributed by atoms with E-state index in [1.54, 1.807) is 6.07 Å². The largest absolute Gasteiger partial charge is 0.324 e. The van der Waals surface area contributed by atoms with Gasteiger partial charge in [0.05, 0.1) is 4.90 Å². The van der Waals surface area contributed by atoms with Crippen LogP contribution in [0, 0.1) is 12.7 Å². The number of benzene rings is 2. The number of hydrogen-bond donors (Lipinski definition) is 1. The normalized spacial score (nSPS) is 12.4. The molecule has 0 aliphatic carbocycles. The maximum absolute atomic E-state index is 13.9. The fourth-order valence-corrected chi connectivity index (χ4v) is 2.76. The molecule has 0 saturated heterocycles. The summed E-state index contributed by atoms with van der Waals surface area (Å²) in [5.41, 5.74) is 7.92. The molecule has 18 heavy (non-hydrogen) atoms. The summed E-state index contributed by atoms with van der Waals surface area (Å²) in [4.78, 5) is 1.64. The van der Waals surface area contributed by atoms with Gasteiger partial charge in [0.1, 0.15) is 5.82 Å². The second-order valence-corrected chi connectivity index (χ2v) is 5.45. The lowest BCUT2D eigenvalue weighted by Crippen LogP contribution is -2.07. The average Bonchev–Trinajstić information content (AvgIpc) is 2.34. The van der Waals surface area contributed by atoms with E-state index in [2.05, 4.69) is 0 Å². The van der Waals surface area contributed by atoms with Crippen molar-refractivity contribution >= 4 is 11.8 Å². The molecule has 0 heterocycles. The van der Waals surface area contributed by atoms with Gasteiger partial charge < -0.3 is 5.73 Å². The van der Waals surface area contributed by atoms with Gasteiger partial charge in [-0.3, -0.25) is 0 Å². The fraction of sp³-hybridized carbons (Fsp3) is 0.200. The van der Waals surface area contributed by atoms with Crippen LogP contribution in [0.4, 0.5) is 4.39 Å². The molecule has 0 spiro atoms. The molecule has 3 heteroatoms. The summed E-state index contributed by atoms with van der Waals surface area (Å²) in [6.07, 6.45) is 0. The molecule has 1 unspecified atom stereocenters. The van der Waals surface area contributed by atoms with E-state index in [1.165, 1.54) is 23.4 Å². The van der Waals surface area contributed by atoms with E-state index in [0.29, 0.717) is 4.90 Å². The Morgan fingerprint density at radius 3 is 2.39 bits per heavy atom. The summed E-state index contributed by atoms with van der Waals surface area (Å²) >= 11 is 1.42. The van der Waals surface area contributed by atoms with Crippen molar-refractivity contribution in [2.45, 2.75) is 29.7 Å². The average molecular weight is 261 g/mol. The Balaban J connectivity index is 2.36. The Bertz CT molecular complexity index is 535. The van der Waals surface area contributed by atoms with E-state index in [-0.39, 0.29) is 11.9 Å². The molecule has 0 aliphatic rings. The van der Waals surface area contributed by atoms with E-state index in [1.807, 2.05) is 44.2 Å². The van der Waals surface area contributed by atoms with Gasteiger partial charge in [-0.1, -0.05) is 41.6 Å². The minimum Gasteiger partial charge on any atom is -0.324 e. The minimum absolute atomic E-state index is 0.173. The SMILES string of the molecule is Cc1ccc(Sc2c(F)cccc2C(C)N)cc1. The van der Waals surface area contributed by atoms with Crippen LogP contribution in [-0.2, 0) is 0 Å². The highest BCUT2D eigenvalue weighted by molar-refractivity contribution is 7.99. The van der Waals surface area contributed by atoms with Crippen LogP contribution in [0.25, 0.3) is 0 Å². The second-order valence-electron chi connectivity index (χ2n) is 4.36. The summed E-state index contributed by atoms with van der Waals surface area (Å²) in [7, 11) is 0. The Hall–Kier alpha value is -1.32. The van der Waals surface area contributed by atoms with Crippen molar-refractivity contribution in [3.8, 4) is 0 Å². The molecule has 0 saturated carbocycles. The fourth-order valence-electron chi connectivity index (χ4n) is 1.72. The van der Waals surface area contributed by atoms with Gasteiger partial charge in [0.15, 0.2) is 0 Å². The molecular formula is C15H16FNS. The Morgan fingerprint density at radius 2 is 1.78 bits per heavy atom. The second kappa shape index (κ2) is 5.55. The van der Waals surface area contributed by atoms with Crippen LogP contribution in [0.5, 0.6) is 0 Å². The smallest absolute Gasteiger partial charge is 0.137 e. The van der Waals surface area contributed by atoms with Crippen LogP contribution in [0.3, 0.4) is 0 Å². The molecule has 1 atom stereocenters. The van der Waals surface area contributed by atoms with Gasteiger partial charge >= 0.3 is 0 Å². The molecular weight excluding hydrogens is 245 g/mol. The first-order valence-electron chi connectivity index (χ1n) is 5.86. The molecule has 0 fully saturated rings. The molecule has 1 nitrogen and oxygen atoms in total. The first-order chi connectivity index (χ1) is 8.58. The third-order valence-corrected chi connectivity index (χ3v) is 3.87. The number of aryl methyl sites for hydroxylation is 1. The molecule has 94 valence electrons. The standard InChI is InChI=1S/C15H16FNS/c1-10-6-8-12(9-7-10)18-15-13(11(2)17)4-3-5-14(15)16/h3-9,11H,17H2,1-2H3. The van der Waals surface area contributed by atoms with Crippen molar-refractivity contribution in [1.82, 2.24) is 0 Å². The highest BCUT2D eigenvalue weighted by atomic mass is 32.2. The van der Waals surface area contributed by atoms with E-state index in [4.69, 9.17) is 5.73 Å². The third kappa shape index (κ3) is 2.92. The van der Waals surface area contributed by atoms with Gasteiger partial charge in [-0.05, 0) is 37.6 Å². The van der Waals surface area contributed by atoms with Crippen molar-refractivity contribution in [2.24, 2.45) is 5.73 Å². The first-order valence-corrected chi connectivity index (χ1v) is 6.68. The lowest BCUT2D eigenvalue weighted by molar-refractivity contribution is 0.591. The zero-order valence-corrected chi connectivity index (χ0v) is 11.3. The van der Waals surface area contributed by atoms with Crippen LogP contribution < -0.4 is 5.73 Å². The number of nitrogens with two attached hydrogens (primary N) is 1. The Morgan fingerprint density at radius 1 is 1.11 bits per heavy atom. The highest BCUT2D eigenvalue weighted by Gasteiger charge is 2.12. The molecule has 2 N–H and O–H groups in total. The van der Waals surface area contributed by atoms with Crippen LogP contribution in [0.1, 0.15) is 24.1 Å². The van der Waals surface area contributed by atoms with Crippen LogP contribution >= 0.6 is 11.8 Å². The van der Waals surface area contributed by atoms with Crippen LogP contribution in [0.2, 0.25) is 0 Å². The quantitative estimate of drug-likeness (QED) is 0.891. The van der Waals surface area contributed by atoms with Gasteiger partial charge in [0.2, 0.25) is 0 Å². The van der Waals surface area contributed by atoms with Crippen LogP contribution in [0.15, 0.2) is 52.3 Å². The summed E-state index contributed by atoms with van der Waals surface area (Å²) in [6.45, 7) is 3.90. The predicted molar refractivity (Wildman–Crippen MR) is 74.3 cm³/mol. The molecule has 2 rings (SSSR count). The van der Waals surface area contributed by atoms with E-state index in [0.717, 1.165) is 10.5 Å². The van der Waals surface area contributed by atoms with Gasteiger partial charge in [-0.25, -0.2) is 4.39 Å². The molecule has 2 aromatic carbocycles. The topological polar surface area (TPSA) is 26.0 Å². The molecule has 0 bridgehead atoms. The van der Waals surface area contributed by atoms with Gasteiger partial charge in [-0.2, -0.15) is 0 Å². The molecule has 0 amide bonds. The molecule has 0 aromatic heterocycles. The highest BCUT2D eigenvalue weighted by Crippen LogP contribution is 2.34. The first kappa shape index (κ1) is 13.1. The number of rotatable bonds is 3. The summed E-state index contributed by atoms with van der Waals surface area (Å²) in [5.74, 6) is -0.213. The monoisotopic (exact) mass is 261 g/mol. The van der Waals surface area contributed by atoms with E-state index in [9.17, 15) is 4.39 Å². The lowest BCUT2D eigenvalue weighted by Gasteiger charge is -2.13. The van der Waals surface area contributed by atoms with Gasteiger partial charge in [0, 0.05) is 10.9 Å². The maximum Gasteiger partial charge on any atom is 0.137 e. The van der Waals surface area contributed by atoms with Crippen molar-refractivity contribution in [1.29, 1.82) is 0 Å². The van der Waals surface area contributed by atoms with Crippen LogP contribution in [-0.4, -0.2) is 0 Å². The van der Waals surface area contributed by atoms with Gasteiger partial charge in [0.25, 0.3) is 0 Å². The summed E-state index contributed by atoms with van der Waals surface area (Å²) in [5, 5.41) is 0. The van der Waals surface area contributed by atoms with Crippen molar-refractivity contribution in [3.63, 3.8) is 0 Å².